The Bertz CT molecular complexity index is 548. The normalized spacial score (nSPS) is 24.1. The molecule has 2 aliphatic rings. The Morgan fingerprint density at radius 2 is 1.87 bits per heavy atom. The van der Waals surface area contributed by atoms with Gasteiger partial charge < -0.3 is 10.4 Å². The van der Waals surface area contributed by atoms with Crippen LogP contribution in [-0.4, -0.2) is 64.2 Å². The van der Waals surface area contributed by atoms with E-state index >= 15 is 0 Å². The molecular formula is C17H23N2NaO3. The molecule has 0 bridgehead atoms. The third-order valence-electron chi connectivity index (χ3n) is 4.57. The first-order chi connectivity index (χ1) is 10.6. The Morgan fingerprint density at radius 1 is 1.17 bits per heavy atom. The maximum atomic E-state index is 12.5. The molecule has 1 aromatic rings. The molecule has 2 atom stereocenters. The molecule has 0 radical (unpaired) electrons. The van der Waals surface area contributed by atoms with Gasteiger partial charge in [0.2, 0.25) is 5.91 Å². The van der Waals surface area contributed by atoms with Crippen LogP contribution in [-0.2, 0) is 4.79 Å². The van der Waals surface area contributed by atoms with E-state index in [1.807, 2.05) is 30.3 Å². The third-order valence-corrected chi connectivity index (χ3v) is 4.57. The van der Waals surface area contributed by atoms with Crippen molar-refractivity contribution in [2.75, 3.05) is 6.54 Å². The zero-order valence-electron chi connectivity index (χ0n) is 12.6. The fourth-order valence-corrected chi connectivity index (χ4v) is 3.14. The molecule has 1 saturated heterocycles. The molecule has 2 unspecified atom stereocenters. The van der Waals surface area contributed by atoms with Crippen molar-refractivity contribution in [1.29, 1.82) is 0 Å². The molecule has 1 heterocycles. The predicted molar refractivity (Wildman–Crippen MR) is 89.6 cm³/mol. The minimum atomic E-state index is -0.981. The van der Waals surface area contributed by atoms with Gasteiger partial charge in [0.15, 0.2) is 0 Å². The number of carboxylic acid groups (broad SMARTS) is 1. The molecule has 3 rings (SSSR count). The van der Waals surface area contributed by atoms with Gasteiger partial charge in [-0.2, -0.15) is 0 Å². The molecule has 2 N–H and O–H groups in total. The van der Waals surface area contributed by atoms with Gasteiger partial charge >= 0.3 is 35.7 Å². The Kier molecular flexibility index (Phi) is 6.50. The van der Waals surface area contributed by atoms with Gasteiger partial charge in [0.05, 0.1) is 6.04 Å². The van der Waals surface area contributed by atoms with Crippen LogP contribution in [0.15, 0.2) is 30.3 Å². The summed E-state index contributed by atoms with van der Waals surface area (Å²) in [6.07, 6.45) is 3.47. The average molecular weight is 326 g/mol. The van der Waals surface area contributed by atoms with Gasteiger partial charge in [-0.1, -0.05) is 30.3 Å². The number of hydrogen-bond donors (Lipinski definition) is 2. The van der Waals surface area contributed by atoms with Gasteiger partial charge in [0.1, 0.15) is 6.04 Å². The number of carbonyl (C=O) groups is 2. The number of carbonyl (C=O) groups excluding carboxylic acids is 1. The number of hydrogen-bond acceptors (Lipinski definition) is 2. The summed E-state index contributed by atoms with van der Waals surface area (Å²) in [5.74, 6) is 0.284. The summed E-state index contributed by atoms with van der Waals surface area (Å²) in [5, 5.41) is 12.5. The quantitative estimate of drug-likeness (QED) is 0.833. The Morgan fingerprint density at radius 3 is 2.48 bits per heavy atom. The summed E-state index contributed by atoms with van der Waals surface area (Å²) in [4.78, 5) is 25.4. The van der Waals surface area contributed by atoms with Crippen LogP contribution in [0.3, 0.4) is 0 Å². The number of nitrogens with zero attached hydrogens (tertiary/aromatic N) is 1. The van der Waals surface area contributed by atoms with Crippen molar-refractivity contribution in [3.8, 4) is 0 Å². The number of nitrogens with one attached hydrogen (secondary N) is 1. The van der Waals surface area contributed by atoms with Crippen molar-refractivity contribution in [2.45, 2.75) is 44.2 Å². The molecule has 0 spiro atoms. The Balaban J connectivity index is 0.00000192. The van der Waals surface area contributed by atoms with E-state index in [-0.39, 0.29) is 41.5 Å². The molecule has 120 valence electrons. The average Bonchev–Trinajstić information content (AvgIpc) is 3.33. The van der Waals surface area contributed by atoms with Gasteiger partial charge in [-0.15, -0.1) is 0 Å². The van der Waals surface area contributed by atoms with E-state index in [1.165, 1.54) is 4.90 Å². The van der Waals surface area contributed by atoms with Gasteiger partial charge in [0.25, 0.3) is 0 Å². The summed E-state index contributed by atoms with van der Waals surface area (Å²) in [5.41, 5.74) is 1.08. The monoisotopic (exact) mass is 326 g/mol. The molecule has 1 aromatic carbocycles. The van der Waals surface area contributed by atoms with Crippen LogP contribution in [0.5, 0.6) is 0 Å². The molecule has 1 aliphatic heterocycles. The molecule has 5 nitrogen and oxygen atoms in total. The van der Waals surface area contributed by atoms with Gasteiger partial charge in [0, 0.05) is 6.54 Å². The molecule has 23 heavy (non-hydrogen) atoms. The second-order valence-electron chi connectivity index (χ2n) is 6.30. The van der Waals surface area contributed by atoms with E-state index < -0.39 is 12.1 Å². The van der Waals surface area contributed by atoms with Crippen molar-refractivity contribution < 1.29 is 14.7 Å². The minimum absolute atomic E-state index is 0. The van der Waals surface area contributed by atoms with Crippen molar-refractivity contribution >= 4 is 41.6 Å². The van der Waals surface area contributed by atoms with Crippen molar-refractivity contribution in [1.82, 2.24) is 10.2 Å². The van der Waals surface area contributed by atoms with E-state index in [0.717, 1.165) is 31.2 Å². The van der Waals surface area contributed by atoms with Crippen LogP contribution < -0.4 is 5.32 Å². The molecule has 1 saturated carbocycles. The zero-order valence-corrected chi connectivity index (χ0v) is 12.6. The van der Waals surface area contributed by atoms with Gasteiger partial charge in [-0.3, -0.25) is 9.69 Å². The topological polar surface area (TPSA) is 69.6 Å². The molecular weight excluding hydrogens is 303 g/mol. The fourth-order valence-electron chi connectivity index (χ4n) is 3.14. The SMILES string of the molecule is O=C1NC(c2ccccc2)CCCC1N(CC1CC1)C(=O)O.[NaH]. The van der Waals surface area contributed by atoms with Crippen molar-refractivity contribution in [3.63, 3.8) is 0 Å². The fraction of sp³-hybridized carbons (Fsp3) is 0.529. The van der Waals surface area contributed by atoms with Crippen molar-refractivity contribution in [3.05, 3.63) is 35.9 Å². The van der Waals surface area contributed by atoms with E-state index in [2.05, 4.69) is 5.32 Å². The van der Waals surface area contributed by atoms with E-state index in [4.69, 9.17) is 0 Å². The number of rotatable bonds is 4. The molecule has 2 fully saturated rings. The molecule has 1 aliphatic carbocycles. The molecule has 0 aromatic heterocycles. The van der Waals surface area contributed by atoms with Gasteiger partial charge in [-0.25, -0.2) is 4.79 Å². The van der Waals surface area contributed by atoms with Crippen LogP contribution in [0.1, 0.15) is 43.7 Å². The summed E-state index contributed by atoms with van der Waals surface area (Å²) in [6, 6.07) is 9.31. The molecule has 2 amide bonds. The third kappa shape index (κ3) is 4.72. The van der Waals surface area contributed by atoms with E-state index in [9.17, 15) is 14.7 Å². The van der Waals surface area contributed by atoms with Crippen LogP contribution >= 0.6 is 0 Å². The van der Waals surface area contributed by atoms with E-state index in [0.29, 0.717) is 18.9 Å². The first-order valence-corrected chi connectivity index (χ1v) is 8.00. The maximum absolute atomic E-state index is 12.5. The first-order valence-electron chi connectivity index (χ1n) is 8.00. The predicted octanol–water partition coefficient (Wildman–Crippen LogP) is 2.14. The second kappa shape index (κ2) is 8.18. The van der Waals surface area contributed by atoms with Gasteiger partial charge in [-0.05, 0) is 43.6 Å². The summed E-state index contributed by atoms with van der Waals surface area (Å²) in [6.45, 7) is 0.490. The van der Waals surface area contributed by atoms with Crippen LogP contribution in [0, 0.1) is 5.92 Å². The Hall–Kier alpha value is -1.04. The second-order valence-corrected chi connectivity index (χ2v) is 6.30. The summed E-state index contributed by atoms with van der Waals surface area (Å²) < 4.78 is 0. The zero-order chi connectivity index (χ0) is 15.5. The van der Waals surface area contributed by atoms with E-state index in [1.54, 1.807) is 0 Å². The number of amides is 2. The van der Waals surface area contributed by atoms with Crippen molar-refractivity contribution in [2.24, 2.45) is 5.92 Å². The Labute approximate surface area is 158 Å². The first kappa shape index (κ1) is 18.3. The summed E-state index contributed by atoms with van der Waals surface area (Å²) in [7, 11) is 0. The van der Waals surface area contributed by atoms with Crippen LogP contribution in [0.25, 0.3) is 0 Å². The summed E-state index contributed by atoms with van der Waals surface area (Å²) >= 11 is 0. The standard InChI is InChI=1S/C17H22N2O3.Na.H/c20-16-15(19(17(21)22)11-12-9-10-12)8-4-7-14(18-16)13-5-2-1-3-6-13;;/h1-3,5-6,12,14-15H,4,7-11H2,(H,18,20)(H,21,22);;. The van der Waals surface area contributed by atoms with Crippen LogP contribution in [0.4, 0.5) is 4.79 Å². The molecule has 6 heteroatoms. The van der Waals surface area contributed by atoms with Crippen LogP contribution in [0.2, 0.25) is 0 Å². The number of benzene rings is 1.